The van der Waals surface area contributed by atoms with Crippen LogP contribution in [-0.2, 0) is 26.2 Å². The first kappa shape index (κ1) is 23.0. The summed E-state index contributed by atoms with van der Waals surface area (Å²) in [6, 6.07) is 15.7. The van der Waals surface area contributed by atoms with E-state index in [4.69, 9.17) is 13.9 Å². The molecule has 0 unspecified atom stereocenters. The number of aromatic nitrogens is 5. The normalized spacial score (nSPS) is 12.6. The second-order valence-electron chi connectivity index (χ2n) is 9.33. The number of tetrazole rings is 1. The number of H-pyrrole nitrogens is 1. The Labute approximate surface area is 212 Å². The van der Waals surface area contributed by atoms with Crippen molar-refractivity contribution in [2.75, 3.05) is 6.79 Å². The maximum atomic E-state index is 13.1. The maximum absolute atomic E-state index is 13.1. The van der Waals surface area contributed by atoms with E-state index in [1.165, 1.54) is 0 Å². The predicted octanol–water partition coefficient (Wildman–Crippen LogP) is 3.70. The smallest absolute Gasteiger partial charge is 0.252 e. The van der Waals surface area contributed by atoms with Crippen LogP contribution in [0.3, 0.4) is 0 Å². The summed E-state index contributed by atoms with van der Waals surface area (Å²) in [7, 11) is 0. The second kappa shape index (κ2) is 9.55. The van der Waals surface area contributed by atoms with E-state index in [0.717, 1.165) is 44.9 Å². The van der Waals surface area contributed by atoms with Gasteiger partial charge in [0.15, 0.2) is 17.3 Å². The topological polar surface area (TPSA) is 111 Å². The molecule has 0 fully saturated rings. The van der Waals surface area contributed by atoms with Gasteiger partial charge in [-0.15, -0.1) is 5.10 Å². The van der Waals surface area contributed by atoms with Gasteiger partial charge in [0, 0.05) is 18.7 Å². The molecular weight excluding hydrogens is 472 g/mol. The van der Waals surface area contributed by atoms with Crippen LogP contribution in [0.25, 0.3) is 10.9 Å². The van der Waals surface area contributed by atoms with Crippen molar-refractivity contribution in [2.45, 2.75) is 40.0 Å². The highest BCUT2D eigenvalue weighted by molar-refractivity contribution is 5.82. The van der Waals surface area contributed by atoms with Gasteiger partial charge in [-0.2, -0.15) is 0 Å². The molecule has 0 spiro atoms. The first-order chi connectivity index (χ1) is 18.0. The summed E-state index contributed by atoms with van der Waals surface area (Å²) >= 11 is 0. The predicted molar refractivity (Wildman–Crippen MR) is 135 cm³/mol. The fraction of sp³-hybridized carbons (Fsp3) is 0.259. The molecule has 5 aromatic rings. The minimum atomic E-state index is -0.106. The number of aromatic amines is 1. The monoisotopic (exact) mass is 498 g/mol. The number of aryl methyl sites for hydroxylation is 2. The molecule has 3 aromatic heterocycles. The molecule has 0 saturated heterocycles. The summed E-state index contributed by atoms with van der Waals surface area (Å²) in [5.74, 6) is 2.87. The van der Waals surface area contributed by atoms with E-state index in [-0.39, 0.29) is 12.4 Å². The zero-order valence-corrected chi connectivity index (χ0v) is 20.6. The number of ether oxygens (including phenoxy) is 2. The highest BCUT2D eigenvalue weighted by Crippen LogP contribution is 2.33. The molecule has 1 N–H and O–H groups in total. The van der Waals surface area contributed by atoms with Crippen LogP contribution < -0.4 is 15.0 Å². The summed E-state index contributed by atoms with van der Waals surface area (Å²) in [5.41, 5.74) is 4.65. The average Bonchev–Trinajstić information content (AvgIpc) is 3.63. The summed E-state index contributed by atoms with van der Waals surface area (Å²) in [5, 5.41) is 13.3. The van der Waals surface area contributed by atoms with E-state index < -0.39 is 0 Å². The first-order valence-corrected chi connectivity index (χ1v) is 12.0. The Bertz CT molecular complexity index is 1620. The van der Waals surface area contributed by atoms with Crippen LogP contribution in [-0.4, -0.2) is 36.9 Å². The number of hydrogen-bond acceptors (Lipinski definition) is 8. The summed E-state index contributed by atoms with van der Waals surface area (Å²) in [6.45, 7) is 6.08. The maximum Gasteiger partial charge on any atom is 0.252 e. The van der Waals surface area contributed by atoms with E-state index in [1.807, 2.05) is 43.3 Å². The zero-order valence-electron chi connectivity index (χ0n) is 20.6. The Hall–Kier alpha value is -4.44. The number of pyridine rings is 1. The number of nitrogens with zero attached hydrogens (tertiary/aromatic N) is 5. The van der Waals surface area contributed by atoms with Crippen molar-refractivity contribution in [1.82, 2.24) is 30.1 Å². The lowest BCUT2D eigenvalue weighted by molar-refractivity contribution is 0.174. The molecule has 188 valence electrons. The highest BCUT2D eigenvalue weighted by Gasteiger charge is 2.19. The van der Waals surface area contributed by atoms with Gasteiger partial charge in [0.25, 0.3) is 5.56 Å². The second-order valence-corrected chi connectivity index (χ2v) is 9.33. The quantitative estimate of drug-likeness (QED) is 0.345. The molecule has 37 heavy (non-hydrogen) atoms. The minimum Gasteiger partial charge on any atom is -0.467 e. The molecule has 1 aliphatic heterocycles. The Balaban J connectivity index is 1.33. The molecular formula is C27H26N6O4. The molecule has 2 aromatic carbocycles. The average molecular weight is 499 g/mol. The lowest BCUT2D eigenvalue weighted by atomic mass is 10.0. The molecule has 0 amide bonds. The van der Waals surface area contributed by atoms with Gasteiger partial charge in [0.1, 0.15) is 12.3 Å². The van der Waals surface area contributed by atoms with Crippen LogP contribution >= 0.6 is 0 Å². The largest absolute Gasteiger partial charge is 0.467 e. The van der Waals surface area contributed by atoms with Gasteiger partial charge in [-0.3, -0.25) is 9.69 Å². The van der Waals surface area contributed by atoms with Crippen molar-refractivity contribution in [3.63, 3.8) is 0 Å². The van der Waals surface area contributed by atoms with E-state index in [2.05, 4.69) is 44.5 Å². The van der Waals surface area contributed by atoms with Crippen molar-refractivity contribution >= 4 is 10.9 Å². The Morgan fingerprint density at radius 2 is 1.92 bits per heavy atom. The molecule has 6 rings (SSSR count). The Morgan fingerprint density at radius 1 is 1.03 bits per heavy atom. The highest BCUT2D eigenvalue weighted by atomic mass is 16.7. The van der Waals surface area contributed by atoms with Crippen molar-refractivity contribution in [3.05, 3.63) is 99.0 Å². The van der Waals surface area contributed by atoms with Crippen molar-refractivity contribution in [3.8, 4) is 11.5 Å². The number of furan rings is 1. The van der Waals surface area contributed by atoms with Gasteiger partial charge in [0.05, 0.1) is 18.3 Å². The number of benzene rings is 2. The number of rotatable bonds is 8. The van der Waals surface area contributed by atoms with Crippen molar-refractivity contribution in [2.24, 2.45) is 0 Å². The third kappa shape index (κ3) is 4.83. The van der Waals surface area contributed by atoms with E-state index >= 15 is 0 Å². The van der Waals surface area contributed by atoms with Gasteiger partial charge >= 0.3 is 0 Å². The molecule has 4 heterocycles. The van der Waals surface area contributed by atoms with Crippen molar-refractivity contribution in [1.29, 1.82) is 0 Å². The van der Waals surface area contributed by atoms with E-state index in [0.29, 0.717) is 37.6 Å². The summed E-state index contributed by atoms with van der Waals surface area (Å²) in [6.07, 6.45) is 1.63. The SMILES string of the molecule is Cc1cc(C)c2[nH]c(=O)c(CN(Cc3ccc4c(c3)OCO4)Cc3nnnn3Cc3ccco3)cc2c1. The third-order valence-corrected chi connectivity index (χ3v) is 6.46. The van der Waals surface area contributed by atoms with Crippen LogP contribution in [0.4, 0.5) is 0 Å². The summed E-state index contributed by atoms with van der Waals surface area (Å²) < 4.78 is 18.2. The van der Waals surface area contributed by atoms with E-state index in [1.54, 1.807) is 10.9 Å². The molecule has 0 saturated carbocycles. The molecule has 0 radical (unpaired) electrons. The molecule has 10 nitrogen and oxygen atoms in total. The van der Waals surface area contributed by atoms with E-state index in [9.17, 15) is 4.79 Å². The first-order valence-electron chi connectivity index (χ1n) is 12.0. The van der Waals surface area contributed by atoms with Gasteiger partial charge in [-0.05, 0) is 77.2 Å². The third-order valence-electron chi connectivity index (χ3n) is 6.46. The van der Waals surface area contributed by atoms with Gasteiger partial charge in [-0.25, -0.2) is 4.68 Å². The number of hydrogen-bond donors (Lipinski definition) is 1. The lowest BCUT2D eigenvalue weighted by Gasteiger charge is -2.22. The Kier molecular flexibility index (Phi) is 5.93. The molecule has 10 heteroatoms. The number of fused-ring (bicyclic) bond motifs is 2. The number of nitrogens with one attached hydrogen (secondary N) is 1. The fourth-order valence-corrected chi connectivity index (χ4v) is 4.77. The zero-order chi connectivity index (χ0) is 25.4. The minimum absolute atomic E-state index is 0.106. The van der Waals surface area contributed by atoms with Gasteiger partial charge in [-0.1, -0.05) is 17.7 Å². The lowest BCUT2D eigenvalue weighted by Crippen LogP contribution is -2.28. The molecule has 1 aliphatic rings. The molecule has 0 aliphatic carbocycles. The standard InChI is InChI=1S/C27H26N6O4/c1-17-8-18(2)26-20(9-17)11-21(27(34)28-26)13-32(12-19-5-6-23-24(10-19)37-16-36-23)15-25-29-30-31-33(25)14-22-4-3-7-35-22/h3-11H,12-16H2,1-2H3,(H,28,34). The fourth-order valence-electron chi connectivity index (χ4n) is 4.77. The van der Waals surface area contributed by atoms with Crippen LogP contribution in [0.2, 0.25) is 0 Å². The molecule has 0 atom stereocenters. The Morgan fingerprint density at radius 3 is 2.78 bits per heavy atom. The molecule has 0 bridgehead atoms. The van der Waals surface area contributed by atoms with Gasteiger partial charge < -0.3 is 18.9 Å². The van der Waals surface area contributed by atoms with Crippen LogP contribution in [0, 0.1) is 13.8 Å². The summed E-state index contributed by atoms with van der Waals surface area (Å²) in [4.78, 5) is 18.3. The van der Waals surface area contributed by atoms with Crippen molar-refractivity contribution < 1.29 is 13.9 Å². The van der Waals surface area contributed by atoms with Crippen LogP contribution in [0.5, 0.6) is 11.5 Å². The van der Waals surface area contributed by atoms with Gasteiger partial charge in [0.2, 0.25) is 6.79 Å². The van der Waals surface area contributed by atoms with Crippen LogP contribution in [0.1, 0.15) is 33.8 Å². The van der Waals surface area contributed by atoms with Crippen LogP contribution in [0.15, 0.2) is 64.0 Å².